The summed E-state index contributed by atoms with van der Waals surface area (Å²) in [4.78, 5) is 23.4. The van der Waals surface area contributed by atoms with E-state index >= 15 is 0 Å². The number of aryl methyl sites for hydroxylation is 1. The number of carbonyl (C=O) groups is 2. The summed E-state index contributed by atoms with van der Waals surface area (Å²) >= 11 is 0. The Balaban J connectivity index is 1.84. The highest BCUT2D eigenvalue weighted by molar-refractivity contribution is 5.96. The fourth-order valence-electron chi connectivity index (χ4n) is 3.09. The predicted molar refractivity (Wildman–Crippen MR) is 82.1 cm³/mol. The minimum atomic E-state index is -0.386. The van der Waals surface area contributed by atoms with Crippen LogP contribution in [0.15, 0.2) is 24.3 Å². The maximum Gasteiger partial charge on any atom is 0.313 e. The van der Waals surface area contributed by atoms with Crippen LogP contribution < -0.4 is 0 Å². The first-order valence-electron chi connectivity index (χ1n) is 7.85. The number of benzene rings is 1. The monoisotopic (exact) mass is 288 g/mol. The lowest BCUT2D eigenvalue weighted by Gasteiger charge is -2.27. The summed E-state index contributed by atoms with van der Waals surface area (Å²) in [5.41, 5.74) is 2.65. The van der Waals surface area contributed by atoms with Crippen molar-refractivity contribution in [2.45, 2.75) is 51.9 Å². The summed E-state index contributed by atoms with van der Waals surface area (Å²) < 4.78 is 4.85. The molecule has 2 rings (SSSR count). The molecule has 0 heterocycles. The molecule has 114 valence electrons. The third-order valence-electron chi connectivity index (χ3n) is 4.36. The van der Waals surface area contributed by atoms with Crippen LogP contribution in [0.1, 0.15) is 56.1 Å². The molecule has 0 aliphatic heterocycles. The summed E-state index contributed by atoms with van der Waals surface area (Å²) in [5, 5.41) is 0. The van der Waals surface area contributed by atoms with Gasteiger partial charge in [-0.25, -0.2) is 0 Å². The average molecular weight is 288 g/mol. The molecule has 0 atom stereocenters. The van der Waals surface area contributed by atoms with Gasteiger partial charge in [0, 0.05) is 5.92 Å². The van der Waals surface area contributed by atoms with Gasteiger partial charge in [-0.2, -0.15) is 0 Å². The van der Waals surface area contributed by atoms with Gasteiger partial charge in [0.15, 0.2) is 0 Å². The maximum atomic E-state index is 12.1. The SMILES string of the molecule is CCOC(=O)CC(=O)[C@H]1CC[C@H](c2ccc(C)cc2)CC1. The van der Waals surface area contributed by atoms with Crippen molar-refractivity contribution >= 4 is 11.8 Å². The van der Waals surface area contributed by atoms with E-state index in [4.69, 9.17) is 4.74 Å². The first-order valence-corrected chi connectivity index (χ1v) is 7.85. The standard InChI is InChI=1S/C18H24O3/c1-3-21-18(20)12-17(19)16-10-8-15(9-11-16)14-6-4-13(2)5-7-14/h4-7,15-16H,3,8-12H2,1-2H3/t15-,16-. The van der Waals surface area contributed by atoms with Crippen LogP contribution in [0.2, 0.25) is 0 Å². The number of ether oxygens (including phenoxy) is 1. The molecule has 1 aromatic carbocycles. The van der Waals surface area contributed by atoms with Gasteiger partial charge in [0.1, 0.15) is 12.2 Å². The van der Waals surface area contributed by atoms with Crippen molar-refractivity contribution in [3.05, 3.63) is 35.4 Å². The summed E-state index contributed by atoms with van der Waals surface area (Å²) in [6.07, 6.45) is 3.77. The van der Waals surface area contributed by atoms with Crippen LogP contribution in [0.25, 0.3) is 0 Å². The third kappa shape index (κ3) is 4.42. The quantitative estimate of drug-likeness (QED) is 0.611. The van der Waals surface area contributed by atoms with Crippen LogP contribution in [0.5, 0.6) is 0 Å². The minimum Gasteiger partial charge on any atom is -0.466 e. The molecule has 1 aromatic rings. The van der Waals surface area contributed by atoms with Crippen molar-refractivity contribution < 1.29 is 14.3 Å². The molecule has 0 amide bonds. The van der Waals surface area contributed by atoms with Crippen LogP contribution >= 0.6 is 0 Å². The van der Waals surface area contributed by atoms with E-state index in [1.54, 1.807) is 6.92 Å². The highest BCUT2D eigenvalue weighted by Gasteiger charge is 2.28. The Morgan fingerprint density at radius 1 is 1.10 bits per heavy atom. The zero-order chi connectivity index (χ0) is 15.2. The molecule has 0 bridgehead atoms. The van der Waals surface area contributed by atoms with Crippen LogP contribution in [-0.2, 0) is 14.3 Å². The van der Waals surface area contributed by atoms with Gasteiger partial charge >= 0.3 is 5.97 Å². The molecule has 0 N–H and O–H groups in total. The second kappa shape index (κ2) is 7.39. The Bertz CT molecular complexity index is 482. The van der Waals surface area contributed by atoms with Crippen molar-refractivity contribution in [3.8, 4) is 0 Å². The van der Waals surface area contributed by atoms with Crippen molar-refractivity contribution in [2.75, 3.05) is 6.61 Å². The molecular weight excluding hydrogens is 264 g/mol. The Kier molecular flexibility index (Phi) is 5.54. The van der Waals surface area contributed by atoms with E-state index in [2.05, 4.69) is 31.2 Å². The number of esters is 1. The summed E-state index contributed by atoms with van der Waals surface area (Å²) in [6.45, 7) is 4.19. The number of hydrogen-bond acceptors (Lipinski definition) is 3. The fraction of sp³-hybridized carbons (Fsp3) is 0.556. The van der Waals surface area contributed by atoms with Crippen molar-refractivity contribution in [1.82, 2.24) is 0 Å². The molecule has 1 fully saturated rings. The Labute approximate surface area is 126 Å². The molecule has 0 aromatic heterocycles. The second-order valence-electron chi connectivity index (χ2n) is 5.91. The van der Waals surface area contributed by atoms with Gasteiger partial charge in [-0.05, 0) is 51.0 Å². The Hall–Kier alpha value is -1.64. The largest absolute Gasteiger partial charge is 0.466 e. The predicted octanol–water partition coefficient (Wildman–Crippen LogP) is 3.79. The normalized spacial score (nSPS) is 21.8. The molecular formula is C18H24O3. The van der Waals surface area contributed by atoms with Gasteiger partial charge in [0.25, 0.3) is 0 Å². The lowest BCUT2D eigenvalue weighted by molar-refractivity contribution is -0.146. The van der Waals surface area contributed by atoms with Crippen LogP contribution in [0, 0.1) is 12.8 Å². The van der Waals surface area contributed by atoms with Crippen LogP contribution in [-0.4, -0.2) is 18.4 Å². The Morgan fingerprint density at radius 3 is 2.29 bits per heavy atom. The number of ketones is 1. The van der Waals surface area contributed by atoms with E-state index in [0.29, 0.717) is 12.5 Å². The molecule has 1 aliphatic carbocycles. The third-order valence-corrected chi connectivity index (χ3v) is 4.36. The lowest BCUT2D eigenvalue weighted by atomic mass is 9.76. The highest BCUT2D eigenvalue weighted by atomic mass is 16.5. The van der Waals surface area contributed by atoms with Gasteiger partial charge in [-0.3, -0.25) is 9.59 Å². The molecule has 21 heavy (non-hydrogen) atoms. The molecule has 0 unspecified atom stereocenters. The first kappa shape index (κ1) is 15.7. The van der Waals surface area contributed by atoms with Crippen molar-refractivity contribution in [2.24, 2.45) is 5.92 Å². The van der Waals surface area contributed by atoms with Crippen molar-refractivity contribution in [1.29, 1.82) is 0 Å². The average Bonchev–Trinajstić information content (AvgIpc) is 2.48. The van der Waals surface area contributed by atoms with E-state index in [1.165, 1.54) is 11.1 Å². The minimum absolute atomic E-state index is 0.0381. The van der Waals surface area contributed by atoms with Gasteiger partial charge in [0.05, 0.1) is 6.61 Å². The zero-order valence-corrected chi connectivity index (χ0v) is 12.9. The van der Waals surface area contributed by atoms with Gasteiger partial charge in [-0.15, -0.1) is 0 Å². The number of carbonyl (C=O) groups excluding carboxylic acids is 2. The topological polar surface area (TPSA) is 43.4 Å². The van der Waals surface area contributed by atoms with E-state index in [0.717, 1.165) is 25.7 Å². The summed E-state index contributed by atoms with van der Waals surface area (Å²) in [6, 6.07) is 8.68. The second-order valence-corrected chi connectivity index (χ2v) is 5.91. The van der Waals surface area contributed by atoms with E-state index in [-0.39, 0.29) is 24.1 Å². The molecule has 0 saturated heterocycles. The van der Waals surface area contributed by atoms with Gasteiger partial charge in [0.2, 0.25) is 0 Å². The zero-order valence-electron chi connectivity index (χ0n) is 12.9. The molecule has 1 saturated carbocycles. The van der Waals surface area contributed by atoms with Crippen LogP contribution in [0.3, 0.4) is 0 Å². The van der Waals surface area contributed by atoms with Crippen molar-refractivity contribution in [3.63, 3.8) is 0 Å². The van der Waals surface area contributed by atoms with Gasteiger partial charge < -0.3 is 4.74 Å². The van der Waals surface area contributed by atoms with E-state index in [9.17, 15) is 9.59 Å². The molecule has 1 aliphatic rings. The molecule has 3 nitrogen and oxygen atoms in total. The first-order chi connectivity index (χ1) is 10.1. The number of hydrogen-bond donors (Lipinski definition) is 0. The van der Waals surface area contributed by atoms with E-state index in [1.807, 2.05) is 0 Å². The molecule has 0 radical (unpaired) electrons. The Morgan fingerprint density at radius 2 is 1.71 bits per heavy atom. The molecule has 3 heteroatoms. The lowest BCUT2D eigenvalue weighted by Crippen LogP contribution is -2.24. The number of rotatable bonds is 5. The summed E-state index contributed by atoms with van der Waals surface area (Å²) in [5.74, 6) is 0.257. The maximum absolute atomic E-state index is 12.1. The fourth-order valence-corrected chi connectivity index (χ4v) is 3.09. The summed E-state index contributed by atoms with van der Waals surface area (Å²) in [7, 11) is 0. The van der Waals surface area contributed by atoms with Gasteiger partial charge in [-0.1, -0.05) is 29.8 Å². The number of Topliss-reactive ketones (excluding diaryl/α,β-unsaturated/α-hetero) is 1. The highest BCUT2D eigenvalue weighted by Crippen LogP contribution is 2.36. The van der Waals surface area contributed by atoms with E-state index < -0.39 is 0 Å². The molecule has 0 spiro atoms. The van der Waals surface area contributed by atoms with Crippen LogP contribution in [0.4, 0.5) is 0 Å². The smallest absolute Gasteiger partial charge is 0.313 e.